The highest BCUT2D eigenvalue weighted by Crippen LogP contribution is 2.35. The topological polar surface area (TPSA) is 98.0 Å². The van der Waals surface area contributed by atoms with E-state index in [-0.39, 0.29) is 12.5 Å². The van der Waals surface area contributed by atoms with Crippen LogP contribution in [-0.4, -0.2) is 25.5 Å². The van der Waals surface area contributed by atoms with E-state index in [0.717, 1.165) is 21.8 Å². The summed E-state index contributed by atoms with van der Waals surface area (Å²) in [7, 11) is 1.62. The molecule has 7 heteroatoms. The zero-order valence-corrected chi connectivity index (χ0v) is 16.3. The summed E-state index contributed by atoms with van der Waals surface area (Å²) in [5, 5.41) is 5.19. The first-order valence-electron chi connectivity index (χ1n) is 8.80. The van der Waals surface area contributed by atoms with Gasteiger partial charge in [-0.2, -0.15) is 0 Å². The quantitative estimate of drug-likeness (QED) is 0.544. The summed E-state index contributed by atoms with van der Waals surface area (Å²) in [4.78, 5) is 25.0. The van der Waals surface area contributed by atoms with Crippen LogP contribution in [0, 0.1) is 0 Å². The third kappa shape index (κ3) is 4.97. The number of ether oxygens (including phenoxy) is 1. The van der Waals surface area contributed by atoms with Gasteiger partial charge in [-0.1, -0.05) is 30.3 Å². The van der Waals surface area contributed by atoms with Gasteiger partial charge in [0.1, 0.15) is 17.3 Å². The summed E-state index contributed by atoms with van der Waals surface area (Å²) in [6, 6.07) is 19.1. The number of methoxy groups -OCH3 is 1. The number of carbonyl (C=O) groups is 2. The molecule has 0 unspecified atom stereocenters. The van der Waals surface area contributed by atoms with E-state index in [1.165, 1.54) is 11.3 Å². The van der Waals surface area contributed by atoms with Crippen LogP contribution in [0.5, 0.6) is 5.75 Å². The van der Waals surface area contributed by atoms with Crippen LogP contribution >= 0.6 is 11.3 Å². The number of rotatable bonds is 8. The van der Waals surface area contributed by atoms with E-state index in [9.17, 15) is 9.59 Å². The summed E-state index contributed by atoms with van der Waals surface area (Å²) < 4.78 is 5.13. The summed E-state index contributed by atoms with van der Waals surface area (Å²) in [6.45, 7) is 0.905. The fraction of sp³-hybridized carbons (Fsp3) is 0.143. The molecule has 144 valence electrons. The molecular weight excluding hydrogens is 374 g/mol. The Kier molecular flexibility index (Phi) is 6.41. The van der Waals surface area contributed by atoms with Gasteiger partial charge in [0, 0.05) is 10.4 Å². The number of anilines is 1. The third-order valence-corrected chi connectivity index (χ3v) is 5.28. The standard InChI is InChI=1S/C21H21N3O3S/c1-27-16-9-7-14(8-10-16)12-23-13-19(25)24-21-17(20(22)26)11-18(28-21)15-5-3-2-4-6-15/h2-11,23H,12-13H2,1H3,(H2,22,26)(H,24,25)/p+1. The van der Waals surface area contributed by atoms with Crippen LogP contribution in [0.2, 0.25) is 0 Å². The molecule has 1 aromatic heterocycles. The van der Waals surface area contributed by atoms with Crippen molar-refractivity contribution in [3.05, 3.63) is 71.8 Å². The number of carbonyl (C=O) groups excluding carboxylic acids is 2. The third-order valence-electron chi connectivity index (χ3n) is 4.18. The van der Waals surface area contributed by atoms with Gasteiger partial charge in [-0.05, 0) is 35.9 Å². The van der Waals surface area contributed by atoms with Crippen molar-refractivity contribution in [1.82, 2.24) is 0 Å². The molecule has 0 aliphatic carbocycles. The smallest absolute Gasteiger partial charge is 0.280 e. The molecule has 0 atom stereocenters. The van der Waals surface area contributed by atoms with Crippen molar-refractivity contribution in [2.45, 2.75) is 6.54 Å². The molecule has 2 aromatic carbocycles. The summed E-state index contributed by atoms with van der Waals surface area (Å²) in [5.74, 6) is 0.0563. The first-order chi connectivity index (χ1) is 13.6. The molecule has 0 aliphatic heterocycles. The van der Waals surface area contributed by atoms with Crippen molar-refractivity contribution >= 4 is 28.2 Å². The molecule has 0 bridgehead atoms. The molecule has 3 rings (SSSR count). The van der Waals surface area contributed by atoms with E-state index < -0.39 is 5.91 Å². The van der Waals surface area contributed by atoms with Gasteiger partial charge in [-0.15, -0.1) is 11.3 Å². The number of nitrogens with two attached hydrogens (primary N) is 2. The van der Waals surface area contributed by atoms with Crippen molar-refractivity contribution in [3.8, 4) is 16.2 Å². The Morgan fingerprint density at radius 2 is 1.82 bits per heavy atom. The van der Waals surface area contributed by atoms with E-state index in [1.807, 2.05) is 59.9 Å². The van der Waals surface area contributed by atoms with Crippen molar-refractivity contribution in [1.29, 1.82) is 0 Å². The summed E-state index contributed by atoms with van der Waals surface area (Å²) in [6.07, 6.45) is 0. The van der Waals surface area contributed by atoms with Gasteiger partial charge in [0.15, 0.2) is 6.54 Å². The zero-order valence-electron chi connectivity index (χ0n) is 15.5. The highest BCUT2D eigenvalue weighted by Gasteiger charge is 2.17. The summed E-state index contributed by atoms with van der Waals surface area (Å²) >= 11 is 1.34. The Bertz CT molecular complexity index is 953. The predicted octanol–water partition coefficient (Wildman–Crippen LogP) is 2.22. The predicted molar refractivity (Wildman–Crippen MR) is 110 cm³/mol. The SMILES string of the molecule is COc1ccc(C[NH2+]CC(=O)Nc2sc(-c3ccccc3)cc2C(N)=O)cc1. The van der Waals surface area contributed by atoms with Crippen LogP contribution in [0.4, 0.5) is 5.00 Å². The van der Waals surface area contributed by atoms with Gasteiger partial charge < -0.3 is 21.1 Å². The second kappa shape index (κ2) is 9.16. The van der Waals surface area contributed by atoms with E-state index in [2.05, 4.69) is 5.32 Å². The van der Waals surface area contributed by atoms with Gasteiger partial charge in [0.25, 0.3) is 11.8 Å². The van der Waals surface area contributed by atoms with Crippen molar-refractivity contribution in [2.24, 2.45) is 5.73 Å². The van der Waals surface area contributed by atoms with Gasteiger partial charge in [-0.25, -0.2) is 0 Å². The molecular formula is C21H22N3O3S+. The molecule has 28 heavy (non-hydrogen) atoms. The van der Waals surface area contributed by atoms with E-state index >= 15 is 0 Å². The molecule has 2 amide bonds. The second-order valence-corrected chi connectivity index (χ2v) is 7.23. The lowest BCUT2D eigenvalue weighted by atomic mass is 10.1. The number of quaternary nitrogens is 1. The van der Waals surface area contributed by atoms with Crippen molar-refractivity contribution in [2.75, 3.05) is 19.0 Å². The molecule has 1 heterocycles. The Labute approximate surface area is 167 Å². The highest BCUT2D eigenvalue weighted by molar-refractivity contribution is 7.20. The van der Waals surface area contributed by atoms with Gasteiger partial charge in [0.05, 0.1) is 12.7 Å². The number of nitrogens with one attached hydrogen (secondary N) is 1. The van der Waals surface area contributed by atoms with Crippen LogP contribution in [0.3, 0.4) is 0 Å². The number of hydrogen-bond acceptors (Lipinski definition) is 4. The van der Waals surface area contributed by atoms with E-state index in [0.29, 0.717) is 17.1 Å². The molecule has 0 saturated heterocycles. The van der Waals surface area contributed by atoms with E-state index in [4.69, 9.17) is 10.5 Å². The van der Waals surface area contributed by atoms with Crippen LogP contribution < -0.4 is 21.1 Å². The number of thiophene rings is 1. The minimum Gasteiger partial charge on any atom is -0.497 e. The lowest BCUT2D eigenvalue weighted by Crippen LogP contribution is -2.84. The van der Waals surface area contributed by atoms with Gasteiger partial charge in [0.2, 0.25) is 0 Å². The monoisotopic (exact) mass is 396 g/mol. The van der Waals surface area contributed by atoms with Gasteiger partial charge >= 0.3 is 0 Å². The fourth-order valence-electron chi connectivity index (χ4n) is 2.72. The first kappa shape index (κ1) is 19.6. The lowest BCUT2D eigenvalue weighted by Gasteiger charge is -2.05. The first-order valence-corrected chi connectivity index (χ1v) is 9.62. The van der Waals surface area contributed by atoms with Gasteiger partial charge in [-0.3, -0.25) is 9.59 Å². The van der Waals surface area contributed by atoms with Crippen LogP contribution in [0.15, 0.2) is 60.7 Å². The maximum atomic E-state index is 12.3. The normalized spacial score (nSPS) is 10.5. The minimum atomic E-state index is -0.559. The Hall–Kier alpha value is -3.16. The Morgan fingerprint density at radius 3 is 2.46 bits per heavy atom. The van der Waals surface area contributed by atoms with Crippen LogP contribution in [0.25, 0.3) is 10.4 Å². The largest absolute Gasteiger partial charge is 0.497 e. The lowest BCUT2D eigenvalue weighted by molar-refractivity contribution is -0.659. The second-order valence-electron chi connectivity index (χ2n) is 6.18. The zero-order chi connectivity index (χ0) is 19.9. The fourth-order valence-corrected chi connectivity index (χ4v) is 3.81. The molecule has 6 nitrogen and oxygen atoms in total. The molecule has 0 spiro atoms. The molecule has 5 N–H and O–H groups in total. The minimum absolute atomic E-state index is 0.183. The van der Waals surface area contributed by atoms with Crippen LogP contribution in [0.1, 0.15) is 15.9 Å². The van der Waals surface area contributed by atoms with Crippen molar-refractivity contribution in [3.63, 3.8) is 0 Å². The number of hydrogen-bond donors (Lipinski definition) is 3. The van der Waals surface area contributed by atoms with E-state index in [1.54, 1.807) is 13.2 Å². The number of primary amides is 1. The number of benzene rings is 2. The highest BCUT2D eigenvalue weighted by atomic mass is 32.1. The van der Waals surface area contributed by atoms with Crippen molar-refractivity contribution < 1.29 is 19.6 Å². The molecule has 0 aliphatic rings. The molecule has 0 radical (unpaired) electrons. The average Bonchev–Trinajstić information content (AvgIpc) is 3.13. The number of amides is 2. The Balaban J connectivity index is 1.61. The molecule has 0 fully saturated rings. The Morgan fingerprint density at radius 1 is 1.11 bits per heavy atom. The van der Waals surface area contributed by atoms with Crippen LogP contribution in [-0.2, 0) is 11.3 Å². The summed E-state index contributed by atoms with van der Waals surface area (Å²) in [5.41, 5.74) is 7.87. The maximum absolute atomic E-state index is 12.3. The maximum Gasteiger partial charge on any atom is 0.280 e. The molecule has 3 aromatic rings. The molecule has 0 saturated carbocycles. The average molecular weight is 396 g/mol.